The van der Waals surface area contributed by atoms with Crippen LogP contribution in [0.15, 0.2) is 24.3 Å². The van der Waals surface area contributed by atoms with E-state index in [1.807, 2.05) is 19.9 Å². The Kier molecular flexibility index (Phi) is 5.87. The number of rotatable bonds is 6. The number of hydrogen-bond acceptors (Lipinski definition) is 3. The van der Waals surface area contributed by atoms with E-state index in [1.165, 1.54) is 0 Å². The second-order valence-electron chi connectivity index (χ2n) is 4.76. The molecule has 0 heterocycles. The predicted octanol–water partition coefficient (Wildman–Crippen LogP) is 2.66. The van der Waals surface area contributed by atoms with Gasteiger partial charge in [-0.15, -0.1) is 0 Å². The molecule has 0 aliphatic rings. The Morgan fingerprint density at radius 3 is 2.79 bits per heavy atom. The maximum atomic E-state index is 11.9. The van der Waals surface area contributed by atoms with Crippen molar-refractivity contribution in [1.29, 1.82) is 5.26 Å². The maximum absolute atomic E-state index is 11.9. The Labute approximate surface area is 114 Å². The molecule has 0 saturated carbocycles. The van der Waals surface area contributed by atoms with Gasteiger partial charge in [-0.1, -0.05) is 19.4 Å². The van der Waals surface area contributed by atoms with Gasteiger partial charge in [0.25, 0.3) is 0 Å². The monoisotopic (exact) mass is 259 g/mol. The first kappa shape index (κ1) is 15.0. The highest BCUT2D eigenvalue weighted by Gasteiger charge is 2.14. The summed E-state index contributed by atoms with van der Waals surface area (Å²) in [5, 5.41) is 14.9. The summed E-state index contributed by atoms with van der Waals surface area (Å²) in [7, 11) is 0. The summed E-state index contributed by atoms with van der Waals surface area (Å²) >= 11 is 0. The van der Waals surface area contributed by atoms with Crippen molar-refractivity contribution in [2.24, 2.45) is 0 Å². The second-order valence-corrected chi connectivity index (χ2v) is 4.76. The van der Waals surface area contributed by atoms with Gasteiger partial charge in [-0.25, -0.2) is 0 Å². The number of nitriles is 1. The van der Waals surface area contributed by atoms with E-state index in [4.69, 9.17) is 5.26 Å². The van der Waals surface area contributed by atoms with E-state index in [-0.39, 0.29) is 18.0 Å². The summed E-state index contributed by atoms with van der Waals surface area (Å²) in [6, 6.07) is 9.05. The first-order chi connectivity index (χ1) is 9.06. The predicted molar refractivity (Wildman–Crippen MR) is 76.8 cm³/mol. The molecule has 2 unspecified atom stereocenters. The molecule has 0 bridgehead atoms. The van der Waals surface area contributed by atoms with Crippen molar-refractivity contribution in [2.45, 2.75) is 45.7 Å². The number of hydrogen-bond donors (Lipinski definition) is 2. The summed E-state index contributed by atoms with van der Waals surface area (Å²) < 4.78 is 0. The first-order valence-electron chi connectivity index (χ1n) is 6.64. The number of benzene rings is 1. The molecule has 0 saturated heterocycles. The molecule has 0 radical (unpaired) electrons. The highest BCUT2D eigenvalue weighted by atomic mass is 16.2. The lowest BCUT2D eigenvalue weighted by molar-refractivity contribution is -0.122. The fourth-order valence-electron chi connectivity index (χ4n) is 1.87. The molecule has 4 nitrogen and oxygen atoms in total. The molecule has 1 aromatic rings. The molecule has 1 aromatic carbocycles. The van der Waals surface area contributed by atoms with E-state index < -0.39 is 0 Å². The molecule has 0 spiro atoms. The minimum atomic E-state index is -0.326. The quantitative estimate of drug-likeness (QED) is 0.825. The van der Waals surface area contributed by atoms with Crippen LogP contribution in [0.5, 0.6) is 0 Å². The minimum absolute atomic E-state index is 0.0247. The van der Waals surface area contributed by atoms with Gasteiger partial charge in [0.15, 0.2) is 0 Å². The Morgan fingerprint density at radius 2 is 2.16 bits per heavy atom. The highest BCUT2D eigenvalue weighted by molar-refractivity contribution is 5.84. The van der Waals surface area contributed by atoms with E-state index in [9.17, 15) is 4.79 Å². The van der Waals surface area contributed by atoms with Crippen molar-refractivity contribution >= 4 is 11.6 Å². The van der Waals surface area contributed by atoms with Crippen LogP contribution in [0, 0.1) is 11.3 Å². The molecular formula is C15H21N3O. The summed E-state index contributed by atoms with van der Waals surface area (Å²) in [5.41, 5.74) is 1.36. The maximum Gasteiger partial charge on any atom is 0.242 e. The van der Waals surface area contributed by atoms with Gasteiger partial charge in [0, 0.05) is 11.7 Å². The van der Waals surface area contributed by atoms with Crippen molar-refractivity contribution in [1.82, 2.24) is 5.32 Å². The highest BCUT2D eigenvalue weighted by Crippen LogP contribution is 2.11. The molecule has 4 heteroatoms. The summed E-state index contributed by atoms with van der Waals surface area (Å²) in [4.78, 5) is 11.9. The molecule has 2 atom stereocenters. The molecule has 0 aliphatic carbocycles. The van der Waals surface area contributed by atoms with E-state index >= 15 is 0 Å². The third kappa shape index (κ3) is 5.01. The molecule has 102 valence electrons. The average Bonchev–Trinajstić information content (AvgIpc) is 2.39. The van der Waals surface area contributed by atoms with Crippen molar-refractivity contribution in [3.05, 3.63) is 29.8 Å². The van der Waals surface area contributed by atoms with Gasteiger partial charge in [-0.3, -0.25) is 4.79 Å². The van der Waals surface area contributed by atoms with Crippen LogP contribution >= 0.6 is 0 Å². The van der Waals surface area contributed by atoms with Crippen molar-refractivity contribution in [3.8, 4) is 6.07 Å². The van der Waals surface area contributed by atoms with Crippen LogP contribution in [0.3, 0.4) is 0 Å². The number of carbonyl (C=O) groups is 1. The smallest absolute Gasteiger partial charge is 0.242 e. The van der Waals surface area contributed by atoms with Gasteiger partial charge >= 0.3 is 0 Å². The van der Waals surface area contributed by atoms with Crippen molar-refractivity contribution in [3.63, 3.8) is 0 Å². The SMILES string of the molecule is CCCC(C)NC(=O)C(C)Nc1cccc(C#N)c1. The summed E-state index contributed by atoms with van der Waals surface area (Å²) in [5.74, 6) is -0.0247. The summed E-state index contributed by atoms with van der Waals surface area (Å²) in [6.07, 6.45) is 2.02. The number of anilines is 1. The first-order valence-corrected chi connectivity index (χ1v) is 6.64. The topological polar surface area (TPSA) is 64.9 Å². The lowest BCUT2D eigenvalue weighted by atomic mass is 10.1. The normalized spacial score (nSPS) is 13.2. The van der Waals surface area contributed by atoms with Crippen LogP contribution < -0.4 is 10.6 Å². The Hall–Kier alpha value is -2.02. The third-order valence-electron chi connectivity index (χ3n) is 2.88. The van der Waals surface area contributed by atoms with Gasteiger partial charge in [0.05, 0.1) is 11.6 Å². The van der Waals surface area contributed by atoms with Crippen LogP contribution in [0.2, 0.25) is 0 Å². The molecule has 1 rings (SSSR count). The van der Waals surface area contributed by atoms with E-state index in [2.05, 4.69) is 23.6 Å². The fourth-order valence-corrected chi connectivity index (χ4v) is 1.87. The minimum Gasteiger partial charge on any atom is -0.374 e. The van der Waals surface area contributed by atoms with Gasteiger partial charge in [0.1, 0.15) is 6.04 Å². The zero-order valence-corrected chi connectivity index (χ0v) is 11.7. The molecule has 0 fully saturated rings. The number of nitrogens with zero attached hydrogens (tertiary/aromatic N) is 1. The largest absolute Gasteiger partial charge is 0.374 e. The third-order valence-corrected chi connectivity index (χ3v) is 2.88. The Balaban J connectivity index is 2.56. The van der Waals surface area contributed by atoms with Crippen LogP contribution in [0.4, 0.5) is 5.69 Å². The molecule has 2 N–H and O–H groups in total. The van der Waals surface area contributed by atoms with Crippen LogP contribution in [0.1, 0.15) is 39.2 Å². The van der Waals surface area contributed by atoms with Crippen LogP contribution in [-0.2, 0) is 4.79 Å². The van der Waals surface area contributed by atoms with Gasteiger partial charge in [-0.05, 0) is 38.5 Å². The Bertz CT molecular complexity index is 465. The fraction of sp³-hybridized carbons (Fsp3) is 0.467. The molecular weight excluding hydrogens is 238 g/mol. The zero-order chi connectivity index (χ0) is 14.3. The number of amides is 1. The average molecular weight is 259 g/mol. The van der Waals surface area contributed by atoms with E-state index in [0.29, 0.717) is 5.56 Å². The van der Waals surface area contributed by atoms with Crippen LogP contribution in [0.25, 0.3) is 0 Å². The molecule has 19 heavy (non-hydrogen) atoms. The molecule has 0 aliphatic heterocycles. The van der Waals surface area contributed by atoms with Gasteiger partial charge < -0.3 is 10.6 Å². The zero-order valence-electron chi connectivity index (χ0n) is 11.7. The second kappa shape index (κ2) is 7.42. The Morgan fingerprint density at radius 1 is 1.42 bits per heavy atom. The molecule has 0 aromatic heterocycles. The standard InChI is InChI=1S/C15H21N3O/c1-4-6-11(2)17-15(19)12(3)18-14-8-5-7-13(9-14)10-16/h5,7-9,11-12,18H,4,6H2,1-3H3,(H,17,19). The van der Waals surface area contributed by atoms with Gasteiger partial charge in [-0.2, -0.15) is 5.26 Å². The van der Waals surface area contributed by atoms with Crippen molar-refractivity contribution in [2.75, 3.05) is 5.32 Å². The van der Waals surface area contributed by atoms with Crippen LogP contribution in [-0.4, -0.2) is 18.0 Å². The number of nitrogens with one attached hydrogen (secondary N) is 2. The summed E-state index contributed by atoms with van der Waals surface area (Å²) in [6.45, 7) is 5.91. The van der Waals surface area contributed by atoms with E-state index in [0.717, 1.165) is 18.5 Å². The van der Waals surface area contributed by atoms with Gasteiger partial charge in [0.2, 0.25) is 5.91 Å². The number of carbonyl (C=O) groups excluding carboxylic acids is 1. The van der Waals surface area contributed by atoms with Crippen molar-refractivity contribution < 1.29 is 4.79 Å². The lowest BCUT2D eigenvalue weighted by Crippen LogP contribution is -2.42. The lowest BCUT2D eigenvalue weighted by Gasteiger charge is -2.19. The molecule has 1 amide bonds. The van der Waals surface area contributed by atoms with E-state index in [1.54, 1.807) is 18.2 Å².